The molecule has 1 aromatic heterocycles. The van der Waals surface area contributed by atoms with Crippen molar-refractivity contribution >= 4 is 11.6 Å². The van der Waals surface area contributed by atoms with Gasteiger partial charge < -0.3 is 15.6 Å². The minimum Gasteiger partial charge on any atom is -0.351 e. The van der Waals surface area contributed by atoms with Crippen LogP contribution in [0.3, 0.4) is 0 Å². The van der Waals surface area contributed by atoms with Crippen molar-refractivity contribution in [2.24, 2.45) is 5.84 Å². The monoisotopic (exact) mass is 249 g/mol. The number of hydrazine groups is 1. The van der Waals surface area contributed by atoms with E-state index in [0.29, 0.717) is 23.8 Å². The molecule has 1 aromatic rings. The Morgan fingerprint density at radius 3 is 3.06 bits per heavy atom. The number of carbonyl (C=O) groups is 1. The fourth-order valence-electron chi connectivity index (χ4n) is 1.85. The third kappa shape index (κ3) is 3.18. The highest BCUT2D eigenvalue weighted by atomic mass is 16.1. The third-order valence-corrected chi connectivity index (χ3v) is 3.14. The van der Waals surface area contributed by atoms with E-state index >= 15 is 0 Å². The maximum atomic E-state index is 11.9. The first-order chi connectivity index (χ1) is 8.72. The van der Waals surface area contributed by atoms with Crippen molar-refractivity contribution in [1.82, 2.24) is 15.2 Å². The van der Waals surface area contributed by atoms with Crippen molar-refractivity contribution in [2.75, 3.05) is 25.6 Å². The number of nitrogens with zero attached hydrogens (tertiary/aromatic N) is 2. The highest BCUT2D eigenvalue weighted by Crippen LogP contribution is 2.24. The molecule has 98 valence electrons. The molecule has 0 radical (unpaired) electrons. The van der Waals surface area contributed by atoms with Gasteiger partial charge in [-0.3, -0.25) is 15.6 Å². The standard InChI is InChI=1S/C12H19N5O/c1-17(9-2-3-9)7-6-15-12(18)10-4-5-14-8-11(10)16-13/h4-5,8-9,16H,2-3,6-7,13H2,1H3,(H,15,18). The molecular weight excluding hydrogens is 230 g/mol. The van der Waals surface area contributed by atoms with Crippen LogP contribution in [-0.4, -0.2) is 42.0 Å². The Balaban J connectivity index is 1.83. The summed E-state index contributed by atoms with van der Waals surface area (Å²) in [5, 5.41) is 2.88. The lowest BCUT2D eigenvalue weighted by molar-refractivity contribution is 0.0950. The number of pyridine rings is 1. The first kappa shape index (κ1) is 12.8. The molecule has 0 atom stereocenters. The van der Waals surface area contributed by atoms with Gasteiger partial charge in [0.1, 0.15) is 0 Å². The number of amides is 1. The quantitative estimate of drug-likeness (QED) is 0.495. The summed E-state index contributed by atoms with van der Waals surface area (Å²) in [6, 6.07) is 2.36. The van der Waals surface area contributed by atoms with Crippen LogP contribution in [0, 0.1) is 0 Å². The lowest BCUT2D eigenvalue weighted by Crippen LogP contribution is -2.34. The summed E-state index contributed by atoms with van der Waals surface area (Å²) < 4.78 is 0. The summed E-state index contributed by atoms with van der Waals surface area (Å²) in [4.78, 5) is 18.1. The molecule has 1 heterocycles. The van der Waals surface area contributed by atoms with Gasteiger partial charge >= 0.3 is 0 Å². The highest BCUT2D eigenvalue weighted by Gasteiger charge is 2.25. The zero-order chi connectivity index (χ0) is 13.0. The summed E-state index contributed by atoms with van der Waals surface area (Å²) in [7, 11) is 2.09. The molecule has 2 rings (SSSR count). The van der Waals surface area contributed by atoms with Gasteiger partial charge in [0.25, 0.3) is 5.91 Å². The van der Waals surface area contributed by atoms with Gasteiger partial charge in [-0.1, -0.05) is 0 Å². The molecule has 6 heteroatoms. The topological polar surface area (TPSA) is 83.3 Å². The average molecular weight is 249 g/mol. The zero-order valence-corrected chi connectivity index (χ0v) is 10.5. The number of nitrogens with two attached hydrogens (primary N) is 1. The smallest absolute Gasteiger partial charge is 0.253 e. The van der Waals surface area contributed by atoms with Crippen molar-refractivity contribution in [1.29, 1.82) is 0 Å². The van der Waals surface area contributed by atoms with Crippen LogP contribution in [0.1, 0.15) is 23.2 Å². The van der Waals surface area contributed by atoms with Crippen molar-refractivity contribution in [2.45, 2.75) is 18.9 Å². The molecule has 0 spiro atoms. The van der Waals surface area contributed by atoms with Gasteiger partial charge in [-0.25, -0.2) is 0 Å². The van der Waals surface area contributed by atoms with Crippen LogP contribution < -0.4 is 16.6 Å². The number of aromatic nitrogens is 1. The first-order valence-corrected chi connectivity index (χ1v) is 6.11. The molecule has 1 aliphatic rings. The van der Waals surface area contributed by atoms with Gasteiger partial charge in [0, 0.05) is 25.3 Å². The van der Waals surface area contributed by atoms with Crippen molar-refractivity contribution in [3.8, 4) is 0 Å². The molecule has 0 unspecified atom stereocenters. The van der Waals surface area contributed by atoms with Crippen LogP contribution in [0.25, 0.3) is 0 Å². The van der Waals surface area contributed by atoms with Gasteiger partial charge in [-0.15, -0.1) is 0 Å². The van der Waals surface area contributed by atoms with Crippen LogP contribution in [-0.2, 0) is 0 Å². The summed E-state index contributed by atoms with van der Waals surface area (Å²) in [6.07, 6.45) is 5.66. The molecule has 0 aromatic carbocycles. The van der Waals surface area contributed by atoms with E-state index in [9.17, 15) is 4.79 Å². The van der Waals surface area contributed by atoms with E-state index in [2.05, 4.69) is 27.7 Å². The Bertz CT molecular complexity index is 419. The van der Waals surface area contributed by atoms with Crippen molar-refractivity contribution in [3.63, 3.8) is 0 Å². The number of carbonyl (C=O) groups excluding carboxylic acids is 1. The van der Waals surface area contributed by atoms with Crippen molar-refractivity contribution in [3.05, 3.63) is 24.0 Å². The Morgan fingerprint density at radius 1 is 1.61 bits per heavy atom. The van der Waals surface area contributed by atoms with Gasteiger partial charge in [-0.05, 0) is 26.0 Å². The zero-order valence-electron chi connectivity index (χ0n) is 10.5. The summed E-state index contributed by atoms with van der Waals surface area (Å²) in [5.74, 6) is 5.21. The van der Waals surface area contributed by atoms with Crippen LogP contribution in [0.4, 0.5) is 5.69 Å². The summed E-state index contributed by atoms with van der Waals surface area (Å²) in [6.45, 7) is 1.51. The molecule has 1 fully saturated rings. The fourth-order valence-corrected chi connectivity index (χ4v) is 1.85. The molecule has 0 aliphatic heterocycles. The van der Waals surface area contributed by atoms with Crippen LogP contribution in [0.2, 0.25) is 0 Å². The Hall–Kier alpha value is -1.66. The molecule has 1 aliphatic carbocycles. The SMILES string of the molecule is CN(CCNC(=O)c1ccncc1NN)C1CC1. The number of likely N-dealkylation sites (N-methyl/N-ethyl adjacent to an activating group) is 1. The number of anilines is 1. The summed E-state index contributed by atoms with van der Waals surface area (Å²) >= 11 is 0. The fraction of sp³-hybridized carbons (Fsp3) is 0.500. The number of nitrogens with one attached hydrogen (secondary N) is 2. The van der Waals surface area contributed by atoms with E-state index in [4.69, 9.17) is 5.84 Å². The Morgan fingerprint density at radius 2 is 2.39 bits per heavy atom. The molecule has 4 N–H and O–H groups in total. The van der Waals surface area contributed by atoms with E-state index in [0.717, 1.165) is 6.54 Å². The highest BCUT2D eigenvalue weighted by molar-refractivity contribution is 5.99. The van der Waals surface area contributed by atoms with E-state index in [-0.39, 0.29) is 5.91 Å². The second-order valence-electron chi connectivity index (χ2n) is 4.53. The van der Waals surface area contributed by atoms with Crippen molar-refractivity contribution < 1.29 is 4.79 Å². The van der Waals surface area contributed by atoms with Crippen LogP contribution in [0.5, 0.6) is 0 Å². The van der Waals surface area contributed by atoms with Gasteiger partial charge in [-0.2, -0.15) is 0 Å². The number of hydrogen-bond donors (Lipinski definition) is 3. The van der Waals surface area contributed by atoms with E-state index in [1.54, 1.807) is 12.3 Å². The van der Waals surface area contributed by atoms with Crippen LogP contribution >= 0.6 is 0 Å². The maximum absolute atomic E-state index is 11.9. The lowest BCUT2D eigenvalue weighted by Gasteiger charge is -2.16. The predicted octanol–water partition coefficient (Wildman–Crippen LogP) is 0.191. The second kappa shape index (κ2) is 5.79. The normalized spacial score (nSPS) is 14.6. The predicted molar refractivity (Wildman–Crippen MR) is 70.0 cm³/mol. The molecule has 0 bridgehead atoms. The van der Waals surface area contributed by atoms with Crippen LogP contribution in [0.15, 0.2) is 18.5 Å². The lowest BCUT2D eigenvalue weighted by atomic mass is 10.2. The minimum absolute atomic E-state index is 0.130. The van der Waals surface area contributed by atoms with Gasteiger partial charge in [0.2, 0.25) is 0 Å². The minimum atomic E-state index is -0.130. The second-order valence-corrected chi connectivity index (χ2v) is 4.53. The molecular formula is C12H19N5O. The third-order valence-electron chi connectivity index (χ3n) is 3.14. The molecule has 6 nitrogen and oxygen atoms in total. The van der Waals surface area contributed by atoms with E-state index < -0.39 is 0 Å². The average Bonchev–Trinajstić information content (AvgIpc) is 3.22. The number of rotatable bonds is 6. The molecule has 18 heavy (non-hydrogen) atoms. The largest absolute Gasteiger partial charge is 0.351 e. The maximum Gasteiger partial charge on any atom is 0.253 e. The number of nitrogen functional groups attached to an aromatic ring is 1. The van der Waals surface area contributed by atoms with E-state index in [1.807, 2.05) is 0 Å². The Labute approximate surface area is 107 Å². The summed E-state index contributed by atoms with van der Waals surface area (Å²) in [5.41, 5.74) is 3.52. The van der Waals surface area contributed by atoms with Gasteiger partial charge in [0.15, 0.2) is 0 Å². The number of hydrogen-bond acceptors (Lipinski definition) is 5. The van der Waals surface area contributed by atoms with Gasteiger partial charge in [0.05, 0.1) is 17.4 Å². The first-order valence-electron chi connectivity index (χ1n) is 6.11. The molecule has 1 amide bonds. The molecule has 0 saturated heterocycles. The molecule has 1 saturated carbocycles. The van der Waals surface area contributed by atoms with E-state index in [1.165, 1.54) is 19.0 Å². The Kier molecular flexibility index (Phi) is 4.11.